The molecule has 0 bridgehead atoms. The zero-order valence-corrected chi connectivity index (χ0v) is 13.4. The average molecular weight is 343 g/mol. The van der Waals surface area contributed by atoms with E-state index in [1.165, 1.54) is 5.56 Å². The number of nitrogens with zero attached hydrogens (tertiary/aromatic N) is 1. The Bertz CT molecular complexity index is 808. The first-order valence-electron chi connectivity index (χ1n) is 6.65. The van der Waals surface area contributed by atoms with Crippen LogP contribution in [0.25, 0.3) is 22.5 Å². The van der Waals surface area contributed by atoms with Crippen molar-refractivity contribution in [3.63, 3.8) is 0 Å². The molecule has 0 aliphatic rings. The van der Waals surface area contributed by atoms with Crippen molar-refractivity contribution in [2.45, 2.75) is 13.8 Å². The van der Waals surface area contributed by atoms with Crippen molar-refractivity contribution in [2.24, 2.45) is 0 Å². The second-order valence-electron chi connectivity index (χ2n) is 5.05. The van der Waals surface area contributed by atoms with Crippen molar-refractivity contribution < 1.29 is 4.52 Å². The summed E-state index contributed by atoms with van der Waals surface area (Å²) in [5, 5.41) is 3.95. The molecule has 4 heteroatoms. The second kappa shape index (κ2) is 5.37. The monoisotopic (exact) mass is 342 g/mol. The molecule has 0 aliphatic carbocycles. The number of aromatic nitrogens is 1. The summed E-state index contributed by atoms with van der Waals surface area (Å²) in [5.41, 5.74) is 11.2. The van der Waals surface area contributed by atoms with Gasteiger partial charge in [-0.05, 0) is 36.6 Å². The molecule has 0 amide bonds. The van der Waals surface area contributed by atoms with Crippen molar-refractivity contribution in [1.29, 1.82) is 0 Å². The number of benzene rings is 2. The molecule has 1 aromatic heterocycles. The predicted octanol–water partition coefficient (Wildman–Crippen LogP) is 4.97. The van der Waals surface area contributed by atoms with E-state index in [-0.39, 0.29) is 0 Å². The highest BCUT2D eigenvalue weighted by atomic mass is 79.9. The van der Waals surface area contributed by atoms with Crippen LogP contribution in [-0.4, -0.2) is 5.16 Å². The van der Waals surface area contributed by atoms with Gasteiger partial charge in [0.1, 0.15) is 0 Å². The van der Waals surface area contributed by atoms with Gasteiger partial charge in [0.25, 0.3) is 0 Å². The number of anilines is 1. The van der Waals surface area contributed by atoms with Gasteiger partial charge in [-0.25, -0.2) is 0 Å². The van der Waals surface area contributed by atoms with E-state index in [0.29, 0.717) is 11.6 Å². The molecule has 3 aromatic rings. The van der Waals surface area contributed by atoms with Gasteiger partial charge >= 0.3 is 0 Å². The summed E-state index contributed by atoms with van der Waals surface area (Å²) in [4.78, 5) is 0. The van der Waals surface area contributed by atoms with E-state index in [1.54, 1.807) is 0 Å². The van der Waals surface area contributed by atoms with Crippen LogP contribution >= 0.6 is 15.9 Å². The van der Waals surface area contributed by atoms with Crippen molar-refractivity contribution in [2.75, 3.05) is 5.73 Å². The van der Waals surface area contributed by atoms with E-state index in [9.17, 15) is 0 Å². The number of nitrogens with two attached hydrogens (primary N) is 1. The van der Waals surface area contributed by atoms with Gasteiger partial charge in [-0.2, -0.15) is 0 Å². The molecule has 0 aliphatic heterocycles. The van der Waals surface area contributed by atoms with Crippen LogP contribution in [0.2, 0.25) is 0 Å². The van der Waals surface area contributed by atoms with Gasteiger partial charge in [0.2, 0.25) is 0 Å². The second-order valence-corrected chi connectivity index (χ2v) is 5.91. The highest BCUT2D eigenvalue weighted by Gasteiger charge is 2.19. The minimum absolute atomic E-state index is 0.413. The van der Waals surface area contributed by atoms with Gasteiger partial charge < -0.3 is 10.3 Å². The van der Waals surface area contributed by atoms with Crippen LogP contribution in [0.15, 0.2) is 51.5 Å². The number of nitrogen functional groups attached to an aromatic ring is 1. The van der Waals surface area contributed by atoms with Crippen LogP contribution in [0, 0.1) is 13.8 Å². The highest BCUT2D eigenvalue weighted by molar-refractivity contribution is 9.10. The minimum Gasteiger partial charge on any atom is -0.380 e. The molecule has 0 radical (unpaired) electrons. The Hall–Kier alpha value is -2.07. The molecular weight excluding hydrogens is 328 g/mol. The highest BCUT2D eigenvalue weighted by Crippen LogP contribution is 2.38. The molecule has 2 aromatic carbocycles. The molecule has 3 nitrogen and oxygen atoms in total. The van der Waals surface area contributed by atoms with Gasteiger partial charge in [-0.15, -0.1) is 0 Å². The molecule has 3 rings (SSSR count). The zero-order chi connectivity index (χ0) is 15.0. The first kappa shape index (κ1) is 13.9. The van der Waals surface area contributed by atoms with E-state index in [0.717, 1.165) is 26.7 Å². The molecule has 0 spiro atoms. The Morgan fingerprint density at radius 1 is 1.05 bits per heavy atom. The molecule has 21 heavy (non-hydrogen) atoms. The molecule has 1 heterocycles. The van der Waals surface area contributed by atoms with E-state index >= 15 is 0 Å². The number of hydrogen-bond acceptors (Lipinski definition) is 3. The van der Waals surface area contributed by atoms with Gasteiger partial charge in [-0.1, -0.05) is 57.5 Å². The smallest absolute Gasteiger partial charge is 0.176 e. The fourth-order valence-electron chi connectivity index (χ4n) is 2.35. The van der Waals surface area contributed by atoms with Crippen LogP contribution < -0.4 is 5.73 Å². The average Bonchev–Trinajstić information content (AvgIpc) is 2.84. The number of halogens is 1. The molecule has 2 N–H and O–H groups in total. The molecule has 0 saturated carbocycles. The molecular formula is C17H15BrN2O. The largest absolute Gasteiger partial charge is 0.380 e. The Morgan fingerprint density at radius 3 is 2.52 bits per heavy atom. The molecule has 106 valence electrons. The van der Waals surface area contributed by atoms with Crippen LogP contribution in [0.3, 0.4) is 0 Å². The topological polar surface area (TPSA) is 52.0 Å². The summed E-state index contributed by atoms with van der Waals surface area (Å²) in [6.07, 6.45) is 0. The maximum atomic E-state index is 6.03. The van der Waals surface area contributed by atoms with Crippen molar-refractivity contribution in [1.82, 2.24) is 5.16 Å². The molecule has 0 saturated heterocycles. The number of rotatable bonds is 2. The fraction of sp³-hybridized carbons (Fsp3) is 0.118. The first-order chi connectivity index (χ1) is 10.1. The maximum Gasteiger partial charge on any atom is 0.176 e. The standard InChI is InChI=1S/C17H15BrN2O/c1-10-5-3-4-6-13(10)15-16(21-20-17(15)19)12-8-7-11(2)14(18)9-12/h3-9H,1-2H3,(H2,19,20). The third-order valence-electron chi connectivity index (χ3n) is 3.57. The third kappa shape index (κ3) is 2.47. The third-order valence-corrected chi connectivity index (χ3v) is 4.42. The molecule has 0 unspecified atom stereocenters. The lowest BCUT2D eigenvalue weighted by Gasteiger charge is -2.07. The maximum absolute atomic E-state index is 6.03. The lowest BCUT2D eigenvalue weighted by Crippen LogP contribution is -1.91. The van der Waals surface area contributed by atoms with Crippen molar-refractivity contribution in [3.8, 4) is 22.5 Å². The normalized spacial score (nSPS) is 10.8. The Kier molecular flexibility index (Phi) is 3.55. The van der Waals surface area contributed by atoms with Gasteiger partial charge in [-0.3, -0.25) is 0 Å². The SMILES string of the molecule is Cc1ccc(-c2onc(N)c2-c2ccccc2C)cc1Br. The fourth-order valence-corrected chi connectivity index (χ4v) is 2.73. The summed E-state index contributed by atoms with van der Waals surface area (Å²) in [5.74, 6) is 1.11. The van der Waals surface area contributed by atoms with Crippen LogP contribution in [0.5, 0.6) is 0 Å². The van der Waals surface area contributed by atoms with E-state index in [2.05, 4.69) is 34.1 Å². The lowest BCUT2D eigenvalue weighted by molar-refractivity contribution is 0.436. The number of aryl methyl sites for hydroxylation is 2. The summed E-state index contributed by atoms with van der Waals surface area (Å²) in [6.45, 7) is 4.10. The summed E-state index contributed by atoms with van der Waals surface area (Å²) in [6, 6.07) is 14.2. The predicted molar refractivity (Wildman–Crippen MR) is 89.0 cm³/mol. The van der Waals surface area contributed by atoms with Crippen molar-refractivity contribution in [3.05, 3.63) is 58.1 Å². The molecule has 0 atom stereocenters. The Morgan fingerprint density at radius 2 is 1.81 bits per heavy atom. The number of hydrogen-bond donors (Lipinski definition) is 1. The van der Waals surface area contributed by atoms with E-state index in [1.807, 2.05) is 43.3 Å². The van der Waals surface area contributed by atoms with Crippen LogP contribution in [-0.2, 0) is 0 Å². The Balaban J connectivity index is 2.22. The van der Waals surface area contributed by atoms with E-state index in [4.69, 9.17) is 10.3 Å². The van der Waals surface area contributed by atoms with Crippen LogP contribution in [0.1, 0.15) is 11.1 Å². The first-order valence-corrected chi connectivity index (χ1v) is 7.45. The van der Waals surface area contributed by atoms with E-state index < -0.39 is 0 Å². The quantitative estimate of drug-likeness (QED) is 0.715. The lowest BCUT2D eigenvalue weighted by atomic mass is 9.97. The minimum atomic E-state index is 0.413. The van der Waals surface area contributed by atoms with Gasteiger partial charge in [0.05, 0.1) is 5.56 Å². The summed E-state index contributed by atoms with van der Waals surface area (Å²) >= 11 is 3.55. The van der Waals surface area contributed by atoms with Crippen LogP contribution in [0.4, 0.5) is 5.82 Å². The zero-order valence-electron chi connectivity index (χ0n) is 11.9. The Labute approximate surface area is 131 Å². The van der Waals surface area contributed by atoms with Gasteiger partial charge in [0, 0.05) is 10.0 Å². The van der Waals surface area contributed by atoms with Crippen molar-refractivity contribution >= 4 is 21.7 Å². The van der Waals surface area contributed by atoms with Gasteiger partial charge in [0.15, 0.2) is 11.6 Å². The molecule has 0 fully saturated rings. The summed E-state index contributed by atoms with van der Waals surface area (Å²) in [7, 11) is 0. The summed E-state index contributed by atoms with van der Waals surface area (Å²) < 4.78 is 6.52.